The van der Waals surface area contributed by atoms with Gasteiger partial charge in [0.15, 0.2) is 5.13 Å². The highest BCUT2D eigenvalue weighted by Gasteiger charge is 2.36. The van der Waals surface area contributed by atoms with Gasteiger partial charge in [-0.05, 0) is 31.5 Å². The molecule has 1 fully saturated rings. The molecule has 1 aromatic carbocycles. The van der Waals surface area contributed by atoms with Crippen LogP contribution in [-0.2, 0) is 6.54 Å². The number of hydrogen-bond acceptors (Lipinski definition) is 3. The summed E-state index contributed by atoms with van der Waals surface area (Å²) < 4.78 is 12.9. The minimum absolute atomic E-state index is 0.0406. The van der Waals surface area contributed by atoms with Crippen LogP contribution >= 0.6 is 11.3 Å². The maximum Gasteiger partial charge on any atom is 0.326 e. The first kappa shape index (κ1) is 14.0. The standard InChI is InChI=1S/C15H16FN3OS/c1-10-9-21-14(17-10)19-7-11(2)18(15(19)20)8-12-3-5-13(16)6-4-12/h3-6,9,11H,7-8H2,1-2H3/t11-/m1/s1. The van der Waals surface area contributed by atoms with Crippen molar-refractivity contribution in [3.8, 4) is 0 Å². The van der Waals surface area contributed by atoms with Gasteiger partial charge in [-0.2, -0.15) is 0 Å². The van der Waals surface area contributed by atoms with Crippen molar-refractivity contribution in [1.82, 2.24) is 9.88 Å². The van der Waals surface area contributed by atoms with Crippen molar-refractivity contribution in [3.05, 3.63) is 46.7 Å². The van der Waals surface area contributed by atoms with Gasteiger partial charge in [-0.15, -0.1) is 11.3 Å². The third kappa shape index (κ3) is 2.76. The molecule has 4 nitrogen and oxygen atoms in total. The second-order valence-electron chi connectivity index (χ2n) is 5.27. The molecule has 6 heteroatoms. The monoisotopic (exact) mass is 305 g/mol. The normalized spacial score (nSPS) is 18.6. The van der Waals surface area contributed by atoms with Crippen molar-refractivity contribution in [2.45, 2.75) is 26.4 Å². The van der Waals surface area contributed by atoms with Gasteiger partial charge in [-0.25, -0.2) is 14.2 Å². The molecule has 2 aromatic rings. The largest absolute Gasteiger partial charge is 0.326 e. The van der Waals surface area contributed by atoms with E-state index in [-0.39, 0.29) is 17.9 Å². The van der Waals surface area contributed by atoms with E-state index in [0.29, 0.717) is 13.1 Å². The van der Waals surface area contributed by atoms with Crippen LogP contribution in [0.3, 0.4) is 0 Å². The van der Waals surface area contributed by atoms with E-state index in [1.54, 1.807) is 21.9 Å². The number of aryl methyl sites for hydroxylation is 1. The number of anilines is 1. The summed E-state index contributed by atoms with van der Waals surface area (Å²) in [6, 6.07) is 6.33. The summed E-state index contributed by atoms with van der Waals surface area (Å²) >= 11 is 1.48. The van der Waals surface area contributed by atoms with Gasteiger partial charge < -0.3 is 4.90 Å². The lowest BCUT2D eigenvalue weighted by atomic mass is 10.2. The zero-order chi connectivity index (χ0) is 15.0. The Balaban J connectivity index is 1.77. The molecule has 21 heavy (non-hydrogen) atoms. The zero-order valence-electron chi connectivity index (χ0n) is 11.9. The second kappa shape index (κ2) is 5.44. The fourth-order valence-electron chi connectivity index (χ4n) is 2.42. The Bertz CT molecular complexity index is 655. The highest BCUT2D eigenvalue weighted by atomic mass is 32.1. The van der Waals surface area contributed by atoms with Crippen LogP contribution in [0.15, 0.2) is 29.6 Å². The number of benzene rings is 1. The van der Waals surface area contributed by atoms with Crippen molar-refractivity contribution in [3.63, 3.8) is 0 Å². The summed E-state index contributed by atoms with van der Waals surface area (Å²) in [5.41, 5.74) is 1.85. The molecule has 0 aliphatic carbocycles. The molecule has 0 bridgehead atoms. The topological polar surface area (TPSA) is 36.4 Å². The van der Waals surface area contributed by atoms with Crippen molar-refractivity contribution in [2.24, 2.45) is 0 Å². The van der Waals surface area contributed by atoms with Crippen molar-refractivity contribution >= 4 is 22.5 Å². The van der Waals surface area contributed by atoms with E-state index in [0.717, 1.165) is 16.4 Å². The zero-order valence-corrected chi connectivity index (χ0v) is 12.7. The molecule has 1 aliphatic heterocycles. The van der Waals surface area contributed by atoms with Gasteiger partial charge in [0.1, 0.15) is 5.82 Å². The predicted octanol–water partition coefficient (Wildman–Crippen LogP) is 3.42. The number of nitrogens with zero attached hydrogens (tertiary/aromatic N) is 3. The number of thiazole rings is 1. The SMILES string of the molecule is Cc1csc(N2C[C@@H](C)N(Cc3ccc(F)cc3)C2=O)n1. The maximum absolute atomic E-state index is 12.9. The minimum Gasteiger partial charge on any atom is -0.315 e. The molecule has 1 atom stereocenters. The van der Waals surface area contributed by atoms with Crippen molar-refractivity contribution < 1.29 is 9.18 Å². The average Bonchev–Trinajstić information content (AvgIpc) is 2.99. The van der Waals surface area contributed by atoms with Gasteiger partial charge >= 0.3 is 6.03 Å². The number of urea groups is 1. The van der Waals surface area contributed by atoms with Crippen LogP contribution in [0.1, 0.15) is 18.2 Å². The van der Waals surface area contributed by atoms with Crippen LogP contribution in [0.5, 0.6) is 0 Å². The van der Waals surface area contributed by atoms with E-state index >= 15 is 0 Å². The number of rotatable bonds is 3. The molecular weight excluding hydrogens is 289 g/mol. The molecule has 2 heterocycles. The molecular formula is C15H16FN3OS. The summed E-state index contributed by atoms with van der Waals surface area (Å²) in [6.07, 6.45) is 0. The highest BCUT2D eigenvalue weighted by Crippen LogP contribution is 2.27. The number of carbonyl (C=O) groups excluding carboxylic acids is 1. The molecule has 0 unspecified atom stereocenters. The van der Waals surface area contributed by atoms with Crippen LogP contribution in [0.2, 0.25) is 0 Å². The molecule has 1 aromatic heterocycles. The van der Waals surface area contributed by atoms with Gasteiger partial charge in [0.2, 0.25) is 0 Å². The van der Waals surface area contributed by atoms with Crippen LogP contribution in [0.25, 0.3) is 0 Å². The summed E-state index contributed by atoms with van der Waals surface area (Å²) in [5.74, 6) is -0.264. The fraction of sp³-hybridized carbons (Fsp3) is 0.333. The molecule has 0 saturated carbocycles. The third-order valence-electron chi connectivity index (χ3n) is 3.56. The first-order chi connectivity index (χ1) is 10.0. The molecule has 0 spiro atoms. The van der Waals surface area contributed by atoms with E-state index in [4.69, 9.17) is 0 Å². The maximum atomic E-state index is 12.9. The van der Waals surface area contributed by atoms with E-state index in [9.17, 15) is 9.18 Å². The Labute approximate surface area is 126 Å². The van der Waals surface area contributed by atoms with Gasteiger partial charge in [-0.3, -0.25) is 4.90 Å². The lowest BCUT2D eigenvalue weighted by Gasteiger charge is -2.20. The molecule has 2 amide bonds. The predicted molar refractivity (Wildman–Crippen MR) is 81.0 cm³/mol. The molecule has 3 rings (SSSR count). The third-order valence-corrected chi connectivity index (χ3v) is 4.54. The number of halogens is 1. The van der Waals surface area contributed by atoms with Gasteiger partial charge in [0.25, 0.3) is 0 Å². The Kier molecular flexibility index (Phi) is 3.63. The summed E-state index contributed by atoms with van der Waals surface area (Å²) in [4.78, 5) is 20.4. The Hall–Kier alpha value is -1.95. The lowest BCUT2D eigenvalue weighted by molar-refractivity contribution is 0.206. The summed E-state index contributed by atoms with van der Waals surface area (Å²) in [5, 5.41) is 2.68. The first-order valence-corrected chi connectivity index (χ1v) is 7.67. The molecule has 1 aliphatic rings. The lowest BCUT2D eigenvalue weighted by Crippen LogP contribution is -2.33. The second-order valence-corrected chi connectivity index (χ2v) is 6.10. The van der Waals surface area contributed by atoms with E-state index in [1.165, 1.54) is 23.5 Å². The van der Waals surface area contributed by atoms with Gasteiger partial charge in [-0.1, -0.05) is 12.1 Å². The summed E-state index contributed by atoms with van der Waals surface area (Å²) in [7, 11) is 0. The van der Waals surface area contributed by atoms with E-state index in [2.05, 4.69) is 4.98 Å². The van der Waals surface area contributed by atoms with Crippen LogP contribution < -0.4 is 4.90 Å². The van der Waals surface area contributed by atoms with Crippen LogP contribution in [0, 0.1) is 12.7 Å². The van der Waals surface area contributed by atoms with Gasteiger partial charge in [0.05, 0.1) is 12.2 Å². The summed E-state index contributed by atoms with van der Waals surface area (Å²) in [6.45, 7) is 5.05. The van der Waals surface area contributed by atoms with E-state index in [1.807, 2.05) is 19.2 Å². The number of amides is 2. The van der Waals surface area contributed by atoms with Crippen molar-refractivity contribution in [2.75, 3.05) is 11.4 Å². The molecule has 110 valence electrons. The van der Waals surface area contributed by atoms with Gasteiger partial charge in [0, 0.05) is 18.0 Å². The Morgan fingerprint density at radius 2 is 2.10 bits per heavy atom. The molecule has 0 N–H and O–H groups in total. The van der Waals surface area contributed by atoms with E-state index < -0.39 is 0 Å². The fourth-order valence-corrected chi connectivity index (χ4v) is 3.23. The van der Waals surface area contributed by atoms with Crippen LogP contribution in [0.4, 0.5) is 14.3 Å². The Morgan fingerprint density at radius 3 is 2.71 bits per heavy atom. The quantitative estimate of drug-likeness (QED) is 0.871. The number of hydrogen-bond donors (Lipinski definition) is 0. The van der Waals surface area contributed by atoms with Crippen molar-refractivity contribution in [1.29, 1.82) is 0 Å². The Morgan fingerprint density at radius 1 is 1.38 bits per heavy atom. The highest BCUT2D eigenvalue weighted by molar-refractivity contribution is 7.14. The minimum atomic E-state index is -0.264. The smallest absolute Gasteiger partial charge is 0.315 e. The first-order valence-electron chi connectivity index (χ1n) is 6.79. The molecule has 0 radical (unpaired) electrons. The molecule has 1 saturated heterocycles. The number of aromatic nitrogens is 1. The number of carbonyl (C=O) groups is 1. The van der Waals surface area contributed by atoms with Crippen LogP contribution in [-0.4, -0.2) is 28.5 Å². The average molecular weight is 305 g/mol.